The molecule has 1 heterocycles. The van der Waals surface area contributed by atoms with Gasteiger partial charge in [-0.1, -0.05) is 34.1 Å². The Balaban J connectivity index is 2.17. The van der Waals surface area contributed by atoms with Gasteiger partial charge in [0.1, 0.15) is 0 Å². The summed E-state index contributed by atoms with van der Waals surface area (Å²) in [5.41, 5.74) is 1.96. The summed E-state index contributed by atoms with van der Waals surface area (Å²) in [5.74, 6) is 0. The van der Waals surface area contributed by atoms with E-state index in [-0.39, 0.29) is 0 Å². The van der Waals surface area contributed by atoms with E-state index in [4.69, 9.17) is 0 Å². The van der Waals surface area contributed by atoms with Crippen molar-refractivity contribution in [3.05, 3.63) is 52.3 Å². The van der Waals surface area contributed by atoms with E-state index in [1.807, 2.05) is 41.9 Å². The lowest BCUT2D eigenvalue weighted by molar-refractivity contribution is 0.167. The van der Waals surface area contributed by atoms with Crippen LogP contribution in [0.1, 0.15) is 24.3 Å². The lowest BCUT2D eigenvalue weighted by atomic mass is 10.1. The first-order valence-electron chi connectivity index (χ1n) is 5.65. The van der Waals surface area contributed by atoms with Crippen molar-refractivity contribution in [2.24, 2.45) is 0 Å². The first-order valence-corrected chi connectivity index (χ1v) is 6.45. The zero-order valence-electron chi connectivity index (χ0n) is 9.68. The third-order valence-corrected chi connectivity index (χ3v) is 3.54. The fourth-order valence-electron chi connectivity index (χ4n) is 1.87. The molecule has 1 unspecified atom stereocenters. The van der Waals surface area contributed by atoms with Crippen LogP contribution in [0.15, 0.2) is 41.0 Å². The Morgan fingerprint density at radius 3 is 2.82 bits per heavy atom. The number of rotatable bonds is 4. The van der Waals surface area contributed by atoms with Crippen LogP contribution in [0.2, 0.25) is 0 Å². The molecule has 90 valence electrons. The molecule has 1 atom stereocenters. The standard InChI is InChI=1S/C13H15BrN2O/c1-2-16-12(7-8-15-16)13(17)9-10-5-3-4-6-11(10)14/h3-8,13,17H,2,9H2,1H3. The summed E-state index contributed by atoms with van der Waals surface area (Å²) in [5, 5.41) is 14.4. The van der Waals surface area contributed by atoms with E-state index in [0.29, 0.717) is 6.42 Å². The maximum Gasteiger partial charge on any atom is 0.0997 e. The van der Waals surface area contributed by atoms with Crippen LogP contribution in [0.3, 0.4) is 0 Å². The van der Waals surface area contributed by atoms with Gasteiger partial charge in [0, 0.05) is 23.6 Å². The molecule has 0 saturated heterocycles. The van der Waals surface area contributed by atoms with Gasteiger partial charge in [-0.25, -0.2) is 0 Å². The van der Waals surface area contributed by atoms with E-state index in [1.165, 1.54) is 0 Å². The summed E-state index contributed by atoms with van der Waals surface area (Å²) in [6, 6.07) is 9.81. The first-order chi connectivity index (χ1) is 8.22. The van der Waals surface area contributed by atoms with Crippen molar-refractivity contribution in [2.75, 3.05) is 0 Å². The summed E-state index contributed by atoms with van der Waals surface area (Å²) in [7, 11) is 0. The lowest BCUT2D eigenvalue weighted by Gasteiger charge is -2.13. The Labute approximate surface area is 109 Å². The highest BCUT2D eigenvalue weighted by atomic mass is 79.9. The summed E-state index contributed by atoms with van der Waals surface area (Å²) in [6.45, 7) is 2.79. The average molecular weight is 295 g/mol. The van der Waals surface area contributed by atoms with E-state index in [0.717, 1.165) is 22.3 Å². The molecule has 2 aromatic rings. The van der Waals surface area contributed by atoms with Gasteiger partial charge in [0.25, 0.3) is 0 Å². The summed E-state index contributed by atoms with van der Waals surface area (Å²) in [6.07, 6.45) is 1.80. The molecule has 1 N–H and O–H groups in total. The Morgan fingerprint density at radius 1 is 1.35 bits per heavy atom. The predicted molar refractivity (Wildman–Crippen MR) is 70.7 cm³/mol. The molecule has 0 spiro atoms. The zero-order valence-corrected chi connectivity index (χ0v) is 11.3. The smallest absolute Gasteiger partial charge is 0.0997 e. The van der Waals surface area contributed by atoms with Crippen LogP contribution >= 0.6 is 15.9 Å². The number of aryl methyl sites for hydroxylation is 1. The molecule has 0 amide bonds. The molecule has 0 saturated carbocycles. The van der Waals surface area contributed by atoms with Gasteiger partial charge in [-0.2, -0.15) is 5.10 Å². The van der Waals surface area contributed by atoms with Crippen molar-refractivity contribution in [1.82, 2.24) is 9.78 Å². The van der Waals surface area contributed by atoms with Crippen LogP contribution in [0.25, 0.3) is 0 Å². The molecule has 0 aliphatic rings. The third-order valence-electron chi connectivity index (χ3n) is 2.76. The summed E-state index contributed by atoms with van der Waals surface area (Å²) < 4.78 is 2.85. The average Bonchev–Trinajstić information content (AvgIpc) is 2.80. The molecule has 2 rings (SSSR count). The number of aliphatic hydroxyl groups excluding tert-OH is 1. The van der Waals surface area contributed by atoms with Gasteiger partial charge in [0.2, 0.25) is 0 Å². The predicted octanol–water partition coefficient (Wildman–Crippen LogP) is 2.94. The fourth-order valence-corrected chi connectivity index (χ4v) is 2.31. The number of aromatic nitrogens is 2. The van der Waals surface area contributed by atoms with Gasteiger partial charge in [-0.3, -0.25) is 4.68 Å². The minimum atomic E-state index is -0.517. The summed E-state index contributed by atoms with van der Waals surface area (Å²) >= 11 is 3.49. The van der Waals surface area contributed by atoms with Crippen molar-refractivity contribution >= 4 is 15.9 Å². The highest BCUT2D eigenvalue weighted by Gasteiger charge is 2.14. The highest BCUT2D eigenvalue weighted by molar-refractivity contribution is 9.10. The van der Waals surface area contributed by atoms with Gasteiger partial charge < -0.3 is 5.11 Å². The van der Waals surface area contributed by atoms with E-state index < -0.39 is 6.10 Å². The minimum absolute atomic E-state index is 0.517. The molecule has 4 heteroatoms. The molecule has 3 nitrogen and oxygen atoms in total. The molecule has 17 heavy (non-hydrogen) atoms. The quantitative estimate of drug-likeness (QED) is 0.941. The molecule has 0 radical (unpaired) electrons. The van der Waals surface area contributed by atoms with Crippen LogP contribution in [0.5, 0.6) is 0 Å². The van der Waals surface area contributed by atoms with Crippen LogP contribution in [-0.4, -0.2) is 14.9 Å². The minimum Gasteiger partial charge on any atom is -0.386 e. The molecular weight excluding hydrogens is 280 g/mol. The molecule has 1 aromatic carbocycles. The van der Waals surface area contributed by atoms with Crippen LogP contribution in [0.4, 0.5) is 0 Å². The van der Waals surface area contributed by atoms with Crippen molar-refractivity contribution < 1.29 is 5.11 Å². The van der Waals surface area contributed by atoms with E-state index in [2.05, 4.69) is 21.0 Å². The second kappa shape index (κ2) is 5.47. The van der Waals surface area contributed by atoms with Gasteiger partial charge in [0.15, 0.2) is 0 Å². The van der Waals surface area contributed by atoms with Crippen molar-refractivity contribution in [1.29, 1.82) is 0 Å². The monoisotopic (exact) mass is 294 g/mol. The van der Waals surface area contributed by atoms with E-state index in [9.17, 15) is 5.11 Å². The zero-order chi connectivity index (χ0) is 12.3. The van der Waals surface area contributed by atoms with Gasteiger partial charge in [-0.15, -0.1) is 0 Å². The number of benzene rings is 1. The fraction of sp³-hybridized carbons (Fsp3) is 0.308. The van der Waals surface area contributed by atoms with Gasteiger partial charge >= 0.3 is 0 Å². The third kappa shape index (κ3) is 2.76. The number of hydrogen-bond donors (Lipinski definition) is 1. The summed E-state index contributed by atoms with van der Waals surface area (Å²) in [4.78, 5) is 0. The van der Waals surface area contributed by atoms with Gasteiger partial charge in [0.05, 0.1) is 11.8 Å². The van der Waals surface area contributed by atoms with Crippen molar-refractivity contribution in [3.8, 4) is 0 Å². The Bertz CT molecular complexity index is 496. The molecule has 0 bridgehead atoms. The number of hydrogen-bond acceptors (Lipinski definition) is 2. The Hall–Kier alpha value is -1.13. The molecule has 0 aliphatic carbocycles. The van der Waals surface area contributed by atoms with Crippen LogP contribution in [0, 0.1) is 0 Å². The molecule has 0 fully saturated rings. The Morgan fingerprint density at radius 2 is 2.12 bits per heavy atom. The number of aliphatic hydroxyl groups is 1. The topological polar surface area (TPSA) is 38.0 Å². The second-order valence-electron chi connectivity index (χ2n) is 3.88. The van der Waals surface area contributed by atoms with E-state index >= 15 is 0 Å². The van der Waals surface area contributed by atoms with Crippen LogP contribution < -0.4 is 0 Å². The molecule has 1 aromatic heterocycles. The molecule has 0 aliphatic heterocycles. The largest absolute Gasteiger partial charge is 0.386 e. The number of nitrogens with zero attached hydrogens (tertiary/aromatic N) is 2. The first kappa shape index (κ1) is 12.3. The molecular formula is C13H15BrN2O. The maximum atomic E-state index is 10.2. The maximum absolute atomic E-state index is 10.2. The second-order valence-corrected chi connectivity index (χ2v) is 4.74. The van der Waals surface area contributed by atoms with E-state index in [1.54, 1.807) is 6.20 Å². The lowest BCUT2D eigenvalue weighted by Crippen LogP contribution is -2.10. The Kier molecular flexibility index (Phi) is 3.97. The van der Waals surface area contributed by atoms with Gasteiger partial charge in [-0.05, 0) is 24.6 Å². The SMILES string of the molecule is CCn1nccc1C(O)Cc1ccccc1Br. The normalized spacial score (nSPS) is 12.6. The number of halogens is 1. The van der Waals surface area contributed by atoms with Crippen LogP contribution in [-0.2, 0) is 13.0 Å². The highest BCUT2D eigenvalue weighted by Crippen LogP contribution is 2.23. The van der Waals surface area contributed by atoms with Crippen molar-refractivity contribution in [2.45, 2.75) is 26.0 Å². The van der Waals surface area contributed by atoms with Crippen molar-refractivity contribution in [3.63, 3.8) is 0 Å².